The fourth-order valence-electron chi connectivity index (χ4n) is 7.00. The number of hydrogen-bond donors (Lipinski definition) is 0. The van der Waals surface area contributed by atoms with Crippen molar-refractivity contribution in [1.82, 2.24) is 0 Å². The third-order valence-corrected chi connectivity index (χ3v) is 31.9. The van der Waals surface area contributed by atoms with Crippen LogP contribution in [0, 0.1) is 6.08 Å². The summed E-state index contributed by atoms with van der Waals surface area (Å²) < 4.78 is 0. The predicted molar refractivity (Wildman–Crippen MR) is 175 cm³/mol. The quantitative estimate of drug-likeness (QED) is 0.0701. The number of allylic oxidation sites excluding steroid dienone is 4. The van der Waals surface area contributed by atoms with Crippen LogP contribution in [0.3, 0.4) is 0 Å². The Bertz CT molecular complexity index is 640. The molecule has 0 heterocycles. The van der Waals surface area contributed by atoms with Crippen molar-refractivity contribution in [2.45, 2.75) is 160 Å². The Morgan fingerprint density at radius 3 is 1.39 bits per heavy atom. The maximum Gasteiger partial charge on any atom is 3.00 e. The smallest absolute Gasteiger partial charge is 1.00 e. The van der Waals surface area contributed by atoms with Crippen LogP contribution < -0.4 is 24.8 Å². The van der Waals surface area contributed by atoms with E-state index in [1.807, 2.05) is 0 Å². The van der Waals surface area contributed by atoms with E-state index in [0.29, 0.717) is 5.16 Å². The van der Waals surface area contributed by atoms with Crippen LogP contribution in [-0.4, -0.2) is 30.9 Å². The zero-order chi connectivity index (χ0) is 26.9. The molecule has 0 aliphatic heterocycles. The maximum atomic E-state index is 7.32. The van der Waals surface area contributed by atoms with Gasteiger partial charge >= 0.3 is 26.2 Å². The van der Waals surface area contributed by atoms with Gasteiger partial charge in [0.2, 0.25) is 0 Å². The average molecular weight is 753 g/mol. The molecule has 0 aromatic carbocycles. The zero-order valence-corrected chi connectivity index (χ0v) is 35.9. The van der Waals surface area contributed by atoms with Crippen molar-refractivity contribution in [3.63, 3.8) is 0 Å². The van der Waals surface area contributed by atoms with Crippen LogP contribution in [0.15, 0.2) is 16.5 Å². The second-order valence-electron chi connectivity index (χ2n) is 13.5. The molecule has 1 radical (unpaired) electrons. The van der Waals surface area contributed by atoms with Gasteiger partial charge in [-0.25, -0.2) is 10.4 Å². The van der Waals surface area contributed by atoms with Crippen molar-refractivity contribution < 1.29 is 51.0 Å². The minimum absolute atomic E-state index is 0. The van der Waals surface area contributed by atoms with Gasteiger partial charge in [0.25, 0.3) is 0 Å². The molecule has 0 nitrogen and oxygen atoms in total. The van der Waals surface area contributed by atoms with Crippen molar-refractivity contribution in [3.05, 3.63) is 22.5 Å². The molecule has 0 bridgehead atoms. The summed E-state index contributed by atoms with van der Waals surface area (Å²) >= 11 is 14.6. The van der Waals surface area contributed by atoms with Crippen LogP contribution in [-0.2, 0) is 26.2 Å². The topological polar surface area (TPSA) is 0 Å². The van der Waals surface area contributed by atoms with E-state index in [2.05, 4.69) is 78.4 Å². The molecule has 0 aromatic heterocycles. The Kier molecular flexibility index (Phi) is 24.0. The summed E-state index contributed by atoms with van der Waals surface area (Å²) in [6.45, 7) is 24.8. The molecule has 1 aliphatic carbocycles. The maximum absolute atomic E-state index is 7.32. The normalized spacial score (nSPS) is 16.0. The number of hydrogen-bond acceptors (Lipinski definition) is 0. The van der Waals surface area contributed by atoms with Crippen LogP contribution in [0.1, 0.15) is 97.3 Å². The minimum Gasteiger partial charge on any atom is -1.00 e. The molecule has 9 heteroatoms. The first-order valence-electron chi connectivity index (χ1n) is 14.8. The fraction of sp³-hybridized carbons (Fsp3) is 0.862. The summed E-state index contributed by atoms with van der Waals surface area (Å²) in [5.41, 5.74) is 0. The molecule has 0 amide bonds. The van der Waals surface area contributed by atoms with Crippen molar-refractivity contribution in [2.75, 3.05) is 0 Å². The zero-order valence-electron chi connectivity index (χ0n) is 26.4. The molecule has 2 atom stereocenters. The van der Waals surface area contributed by atoms with Gasteiger partial charge in [0.05, 0.1) is 0 Å². The summed E-state index contributed by atoms with van der Waals surface area (Å²) in [5, 5.41) is 4.83. The van der Waals surface area contributed by atoms with Crippen LogP contribution in [0.2, 0.25) is 62.7 Å². The Labute approximate surface area is 284 Å². The van der Waals surface area contributed by atoms with E-state index >= 15 is 0 Å². The van der Waals surface area contributed by atoms with Gasteiger partial charge in [-0.2, -0.15) is 28.2 Å². The van der Waals surface area contributed by atoms with Gasteiger partial charge < -0.3 is 24.8 Å². The number of unbranched alkanes of at least 4 members (excludes halogenated alkanes) is 8. The van der Waals surface area contributed by atoms with E-state index in [1.165, 1.54) is 77.0 Å². The Balaban J connectivity index is -0.00000408. The first-order chi connectivity index (χ1) is 16.1. The van der Waals surface area contributed by atoms with Crippen LogP contribution >= 0.6 is 22.2 Å². The molecule has 1 rings (SSSR count). The van der Waals surface area contributed by atoms with E-state index in [9.17, 15) is 0 Å². The van der Waals surface area contributed by atoms with Gasteiger partial charge in [-0.15, -0.1) is 6.42 Å². The second kappa shape index (κ2) is 20.4. The van der Waals surface area contributed by atoms with E-state index in [0.717, 1.165) is 11.6 Å². The van der Waals surface area contributed by atoms with E-state index in [4.69, 9.17) is 22.2 Å². The number of halogens is 4. The largest absolute Gasteiger partial charge is 3.00 e. The SMILES string of the molecule is CCCCCCCC([Si](C)(C)Cl)[Si](C)(C)C1=[C-]CC=C1[Si](C)(C)C(CCCCCCC)[Si](C)(C)Cl.[Cl-].[Cl-].[Zr+3]. The third-order valence-electron chi connectivity index (χ3n) is 8.79. The van der Waals surface area contributed by atoms with Gasteiger partial charge in [-0.05, 0) is 18.4 Å². The van der Waals surface area contributed by atoms with E-state index < -0.39 is 30.9 Å². The van der Waals surface area contributed by atoms with E-state index in [1.54, 1.807) is 10.4 Å². The monoisotopic (exact) mass is 749 g/mol. The molecule has 0 saturated carbocycles. The van der Waals surface area contributed by atoms with Crippen LogP contribution in [0.4, 0.5) is 0 Å². The third kappa shape index (κ3) is 13.8. The first kappa shape index (κ1) is 44.8. The van der Waals surface area contributed by atoms with Gasteiger partial charge in [-0.1, -0.05) is 143 Å². The molecular formula is C29H59Cl4Si4Zr. The van der Waals surface area contributed by atoms with Gasteiger partial charge in [0, 0.05) is 8.07 Å². The van der Waals surface area contributed by atoms with Gasteiger partial charge in [0.1, 0.15) is 7.38 Å². The van der Waals surface area contributed by atoms with Crippen molar-refractivity contribution in [2.24, 2.45) is 0 Å². The molecule has 2 unspecified atom stereocenters. The molecule has 0 fully saturated rings. The Morgan fingerprint density at radius 2 is 1.03 bits per heavy atom. The molecule has 223 valence electrons. The fourth-order valence-corrected chi connectivity index (χ4v) is 36.2. The van der Waals surface area contributed by atoms with Crippen molar-refractivity contribution in [3.8, 4) is 0 Å². The minimum atomic E-state index is -1.80. The molecule has 1 aliphatic rings. The Hall–Kier alpha value is 2.39. The molecule has 0 aromatic rings. The summed E-state index contributed by atoms with van der Waals surface area (Å²) in [4.78, 5) is 0. The molecule has 0 N–H and O–H groups in total. The van der Waals surface area contributed by atoms with Crippen molar-refractivity contribution >= 4 is 53.1 Å². The van der Waals surface area contributed by atoms with E-state index in [-0.39, 0.29) is 51.0 Å². The summed E-state index contributed by atoms with van der Waals surface area (Å²) in [6.07, 6.45) is 23.8. The molecule has 0 spiro atoms. The first-order valence-corrected chi connectivity index (χ1v) is 29.1. The molecule has 0 saturated heterocycles. The van der Waals surface area contributed by atoms with Crippen LogP contribution in [0.25, 0.3) is 0 Å². The molecule has 38 heavy (non-hydrogen) atoms. The van der Waals surface area contributed by atoms with Crippen LogP contribution in [0.5, 0.6) is 0 Å². The molecular weight excluding hydrogens is 694 g/mol. The predicted octanol–water partition coefficient (Wildman–Crippen LogP) is 5.97. The van der Waals surface area contributed by atoms with Gasteiger partial charge in [0.15, 0.2) is 7.38 Å². The van der Waals surface area contributed by atoms with Gasteiger partial charge in [-0.3, -0.25) is 6.08 Å². The summed E-state index contributed by atoms with van der Waals surface area (Å²) in [6, 6.07) is 0. The standard InChI is InChI=1S/C29H59Cl2Si4.2ClH.Zr/c1-11-13-15-17-19-24-28(34(7,8)30)32(3,4)26-22-21-23-27(26)33(5,6)29(35(9,10)31)25-20-18-16-14-12-2;;;/h22,28-29H,11-21,24-25H2,1-10H3;2*1H;/q-1;;;+3/p-2. The Morgan fingerprint density at radius 1 is 0.658 bits per heavy atom. The summed E-state index contributed by atoms with van der Waals surface area (Å²) in [7, 11) is -7.08. The summed E-state index contributed by atoms with van der Waals surface area (Å²) in [5.74, 6) is 0. The van der Waals surface area contributed by atoms with Crippen molar-refractivity contribution in [1.29, 1.82) is 0 Å². The number of rotatable bonds is 18. The second-order valence-corrected chi connectivity index (χ2v) is 37.4. The average Bonchev–Trinajstić information content (AvgIpc) is 3.23.